The van der Waals surface area contributed by atoms with Crippen LogP contribution in [0.25, 0.3) is 0 Å². The normalized spacial score (nSPS) is 9.08. The van der Waals surface area contributed by atoms with Gasteiger partial charge in [-0.2, -0.15) is 9.81 Å². The van der Waals surface area contributed by atoms with Gasteiger partial charge in [0, 0.05) is 0 Å². The summed E-state index contributed by atoms with van der Waals surface area (Å²) >= 11 is 0. The van der Waals surface area contributed by atoms with E-state index in [-0.39, 0.29) is 13.1 Å². The standard InChI is InChI=1S/C7H10N2O3/c1-3-6(2)12-7(4-8-10)5-9-11/h3,7H,1-2,4-5H2. The van der Waals surface area contributed by atoms with Crippen molar-refractivity contribution in [1.29, 1.82) is 0 Å². The maximum Gasteiger partial charge on any atom is 0.144 e. The lowest BCUT2D eigenvalue weighted by Crippen LogP contribution is -2.18. The molecule has 0 spiro atoms. The molecule has 0 aliphatic carbocycles. The molecule has 0 aromatic rings. The molecule has 66 valence electrons. The van der Waals surface area contributed by atoms with Gasteiger partial charge < -0.3 is 4.74 Å². The van der Waals surface area contributed by atoms with Crippen molar-refractivity contribution in [3.05, 3.63) is 34.8 Å². The van der Waals surface area contributed by atoms with Crippen molar-refractivity contribution in [3.8, 4) is 0 Å². The number of nitroso groups, excluding NO2 is 2. The molecule has 0 atom stereocenters. The van der Waals surface area contributed by atoms with Gasteiger partial charge >= 0.3 is 0 Å². The molecule has 0 saturated carbocycles. The lowest BCUT2D eigenvalue weighted by molar-refractivity contribution is 0.140. The minimum absolute atomic E-state index is 0.113. The average Bonchev–Trinajstić information content (AvgIpc) is 2.05. The van der Waals surface area contributed by atoms with E-state index in [0.29, 0.717) is 5.76 Å². The Bertz CT molecular complexity index is 181. The molecule has 12 heavy (non-hydrogen) atoms. The minimum atomic E-state index is -0.620. The molecule has 0 radical (unpaired) electrons. The lowest BCUT2D eigenvalue weighted by Gasteiger charge is -2.11. The van der Waals surface area contributed by atoms with Crippen LogP contribution in [0.5, 0.6) is 0 Å². The monoisotopic (exact) mass is 170 g/mol. The Morgan fingerprint density at radius 2 is 1.92 bits per heavy atom. The molecule has 0 fully saturated rings. The Hall–Kier alpha value is -1.52. The fraction of sp³-hybridized carbons (Fsp3) is 0.429. The summed E-state index contributed by atoms with van der Waals surface area (Å²) in [6, 6.07) is 0. The Balaban J connectivity index is 3.91. The summed E-state index contributed by atoms with van der Waals surface area (Å²) in [6.45, 7) is 6.62. The molecule has 0 unspecified atom stereocenters. The largest absolute Gasteiger partial charge is 0.487 e. The second kappa shape index (κ2) is 6.21. The Morgan fingerprint density at radius 1 is 1.42 bits per heavy atom. The third kappa shape index (κ3) is 4.32. The third-order valence-corrected chi connectivity index (χ3v) is 1.10. The first-order valence-corrected chi connectivity index (χ1v) is 3.30. The highest BCUT2D eigenvalue weighted by molar-refractivity contribution is 5.02. The van der Waals surface area contributed by atoms with Crippen molar-refractivity contribution >= 4 is 0 Å². The summed E-state index contributed by atoms with van der Waals surface area (Å²) < 4.78 is 4.98. The average molecular weight is 170 g/mol. The van der Waals surface area contributed by atoms with Crippen molar-refractivity contribution in [2.24, 2.45) is 10.4 Å². The highest BCUT2D eigenvalue weighted by Crippen LogP contribution is 2.02. The van der Waals surface area contributed by atoms with Crippen molar-refractivity contribution in [3.63, 3.8) is 0 Å². The van der Waals surface area contributed by atoms with E-state index in [1.54, 1.807) is 0 Å². The zero-order chi connectivity index (χ0) is 9.40. The summed E-state index contributed by atoms with van der Waals surface area (Å²) in [5, 5.41) is 5.19. The number of hydrogen-bond donors (Lipinski definition) is 0. The maximum absolute atomic E-state index is 9.83. The molecule has 5 heteroatoms. The van der Waals surface area contributed by atoms with Crippen LogP contribution in [0.4, 0.5) is 0 Å². The van der Waals surface area contributed by atoms with Gasteiger partial charge in [-0.1, -0.05) is 23.5 Å². The zero-order valence-electron chi connectivity index (χ0n) is 6.60. The summed E-state index contributed by atoms with van der Waals surface area (Å²) in [5.41, 5.74) is 0. The number of rotatable bonds is 7. The fourth-order valence-corrected chi connectivity index (χ4v) is 0.561. The molecule has 0 rings (SSSR count). The van der Waals surface area contributed by atoms with Crippen LogP contribution in [0.15, 0.2) is 35.3 Å². The number of hydrogen-bond acceptors (Lipinski definition) is 5. The Kier molecular flexibility index (Phi) is 5.42. The first-order chi connectivity index (χ1) is 5.74. The van der Waals surface area contributed by atoms with Gasteiger partial charge in [0.15, 0.2) is 0 Å². The van der Waals surface area contributed by atoms with Crippen LogP contribution in [0.2, 0.25) is 0 Å². The Labute approximate surface area is 70.1 Å². The molecule has 0 bridgehead atoms. The van der Waals surface area contributed by atoms with Gasteiger partial charge in [-0.25, -0.2) is 0 Å². The predicted octanol–water partition coefficient (Wildman–Crippen LogP) is 1.60. The quantitative estimate of drug-likeness (QED) is 0.331. The SMILES string of the molecule is C=CC(=C)OC(CN=O)CN=O. The second-order valence-corrected chi connectivity index (χ2v) is 2.03. The van der Waals surface area contributed by atoms with Gasteiger partial charge in [0.25, 0.3) is 0 Å². The molecule has 5 nitrogen and oxygen atoms in total. The molecule has 0 heterocycles. The summed E-state index contributed by atoms with van der Waals surface area (Å²) in [5.74, 6) is 0.298. The van der Waals surface area contributed by atoms with E-state index in [9.17, 15) is 9.81 Å². The number of allylic oxidation sites excluding steroid dienone is 1. The highest BCUT2D eigenvalue weighted by atomic mass is 16.5. The molecule has 0 aliphatic rings. The van der Waals surface area contributed by atoms with E-state index >= 15 is 0 Å². The first kappa shape index (κ1) is 10.5. The van der Waals surface area contributed by atoms with Crippen LogP contribution in [-0.2, 0) is 4.74 Å². The molecule has 0 amide bonds. The van der Waals surface area contributed by atoms with Crippen LogP contribution >= 0.6 is 0 Å². The molecular formula is C7H10N2O3. The minimum Gasteiger partial charge on any atom is -0.487 e. The van der Waals surface area contributed by atoms with Gasteiger partial charge in [0.1, 0.15) is 25.0 Å². The summed E-state index contributed by atoms with van der Waals surface area (Å²) in [4.78, 5) is 19.7. The highest BCUT2D eigenvalue weighted by Gasteiger charge is 2.10. The number of ether oxygens (including phenoxy) is 1. The summed E-state index contributed by atoms with van der Waals surface area (Å²) in [7, 11) is 0. The molecule has 0 aliphatic heterocycles. The third-order valence-electron chi connectivity index (χ3n) is 1.10. The van der Waals surface area contributed by atoms with Crippen molar-refractivity contribution in [2.75, 3.05) is 13.1 Å². The smallest absolute Gasteiger partial charge is 0.144 e. The predicted molar refractivity (Wildman–Crippen MR) is 45.5 cm³/mol. The summed E-state index contributed by atoms with van der Waals surface area (Å²) in [6.07, 6.45) is 0.758. The molecule has 0 aromatic heterocycles. The van der Waals surface area contributed by atoms with Crippen molar-refractivity contribution in [1.82, 2.24) is 0 Å². The van der Waals surface area contributed by atoms with Gasteiger partial charge in [-0.15, -0.1) is 0 Å². The van der Waals surface area contributed by atoms with E-state index in [4.69, 9.17) is 4.74 Å². The lowest BCUT2D eigenvalue weighted by atomic mass is 10.3. The van der Waals surface area contributed by atoms with Gasteiger partial charge in [0.05, 0.1) is 0 Å². The van der Waals surface area contributed by atoms with E-state index < -0.39 is 6.10 Å². The van der Waals surface area contributed by atoms with Gasteiger partial charge in [-0.3, -0.25) is 0 Å². The van der Waals surface area contributed by atoms with E-state index in [2.05, 4.69) is 23.5 Å². The zero-order valence-corrected chi connectivity index (χ0v) is 6.60. The van der Waals surface area contributed by atoms with Crippen LogP contribution in [0.3, 0.4) is 0 Å². The second-order valence-electron chi connectivity index (χ2n) is 2.03. The molecular weight excluding hydrogens is 160 g/mol. The molecule has 0 aromatic carbocycles. The fourth-order valence-electron chi connectivity index (χ4n) is 0.561. The van der Waals surface area contributed by atoms with Gasteiger partial charge in [-0.05, 0) is 6.08 Å². The number of nitrogens with zero attached hydrogens (tertiary/aromatic N) is 2. The molecule has 0 saturated heterocycles. The Morgan fingerprint density at radius 3 is 2.25 bits per heavy atom. The van der Waals surface area contributed by atoms with Crippen LogP contribution in [0, 0.1) is 9.81 Å². The van der Waals surface area contributed by atoms with E-state index in [0.717, 1.165) is 0 Å². The van der Waals surface area contributed by atoms with Crippen LogP contribution < -0.4 is 0 Å². The van der Waals surface area contributed by atoms with Crippen molar-refractivity contribution in [2.45, 2.75) is 6.10 Å². The van der Waals surface area contributed by atoms with Crippen LogP contribution in [0.1, 0.15) is 0 Å². The topological polar surface area (TPSA) is 68.1 Å². The van der Waals surface area contributed by atoms with E-state index in [1.807, 2.05) is 0 Å². The first-order valence-electron chi connectivity index (χ1n) is 3.30. The van der Waals surface area contributed by atoms with Gasteiger partial charge in [0.2, 0.25) is 0 Å². The molecule has 0 N–H and O–H groups in total. The van der Waals surface area contributed by atoms with Crippen molar-refractivity contribution < 1.29 is 4.74 Å². The maximum atomic E-state index is 9.83. The van der Waals surface area contributed by atoms with E-state index in [1.165, 1.54) is 6.08 Å². The van der Waals surface area contributed by atoms with Crippen LogP contribution in [-0.4, -0.2) is 19.2 Å².